The smallest absolute Gasteiger partial charge is 0.271 e. The first kappa shape index (κ1) is 22.8. The third kappa shape index (κ3) is 6.05. The van der Waals surface area contributed by atoms with Gasteiger partial charge in [-0.05, 0) is 65.4 Å². The number of carbonyl (C=O) groups is 1. The molecule has 0 spiro atoms. The molecule has 32 heavy (non-hydrogen) atoms. The van der Waals surface area contributed by atoms with Gasteiger partial charge >= 0.3 is 0 Å². The van der Waals surface area contributed by atoms with Gasteiger partial charge in [0.1, 0.15) is 12.4 Å². The third-order valence-corrected chi connectivity index (χ3v) is 5.10. The van der Waals surface area contributed by atoms with E-state index in [0.717, 1.165) is 16.9 Å². The van der Waals surface area contributed by atoms with Gasteiger partial charge in [-0.3, -0.25) is 4.79 Å². The summed E-state index contributed by atoms with van der Waals surface area (Å²) in [6.45, 7) is 8.77. The minimum absolute atomic E-state index is 0.111. The predicted octanol–water partition coefficient (Wildman–Crippen LogP) is 5.59. The Morgan fingerprint density at radius 2 is 1.53 bits per heavy atom. The molecule has 0 heterocycles. The molecule has 0 radical (unpaired) electrons. The molecule has 1 N–H and O–H groups in total. The molecule has 0 saturated heterocycles. The summed E-state index contributed by atoms with van der Waals surface area (Å²) in [5.74, 6) is 0.524. The van der Waals surface area contributed by atoms with Crippen molar-refractivity contribution in [3.05, 3.63) is 101 Å². The van der Waals surface area contributed by atoms with Crippen LogP contribution in [-0.4, -0.2) is 11.6 Å². The zero-order valence-electron chi connectivity index (χ0n) is 18.8. The fourth-order valence-electron chi connectivity index (χ4n) is 3.02. The van der Waals surface area contributed by atoms with Crippen LogP contribution in [0.1, 0.15) is 60.3 Å². The van der Waals surface area contributed by atoms with Crippen molar-refractivity contribution in [2.75, 3.05) is 0 Å². The highest BCUT2D eigenvalue weighted by molar-refractivity contribution is 6.00. The number of ether oxygens (including phenoxy) is 1. The summed E-state index contributed by atoms with van der Waals surface area (Å²) in [6, 6.07) is 24.5. The van der Waals surface area contributed by atoms with Crippen molar-refractivity contribution >= 4 is 11.6 Å². The molecule has 0 aliphatic carbocycles. The number of nitriles is 1. The Morgan fingerprint density at radius 3 is 2.09 bits per heavy atom. The van der Waals surface area contributed by atoms with E-state index in [1.807, 2.05) is 24.3 Å². The molecule has 0 bridgehead atoms. The highest BCUT2D eigenvalue weighted by Gasteiger charge is 2.13. The van der Waals surface area contributed by atoms with Crippen LogP contribution in [0.2, 0.25) is 0 Å². The third-order valence-electron chi connectivity index (χ3n) is 5.10. The molecule has 5 nitrogen and oxygen atoms in total. The largest absolute Gasteiger partial charge is 0.489 e. The number of carbonyl (C=O) groups excluding carboxylic acids is 1. The molecule has 5 heteroatoms. The predicted molar refractivity (Wildman–Crippen MR) is 127 cm³/mol. The van der Waals surface area contributed by atoms with E-state index >= 15 is 0 Å². The number of nitrogens with zero attached hydrogens (tertiary/aromatic N) is 2. The van der Waals surface area contributed by atoms with Crippen LogP contribution in [0, 0.1) is 11.3 Å². The van der Waals surface area contributed by atoms with Crippen LogP contribution in [0.5, 0.6) is 5.75 Å². The summed E-state index contributed by atoms with van der Waals surface area (Å²) in [5, 5.41) is 13.0. The molecule has 3 aromatic rings. The number of hydrogen-bond donors (Lipinski definition) is 1. The number of benzene rings is 3. The van der Waals surface area contributed by atoms with Crippen LogP contribution in [-0.2, 0) is 12.0 Å². The quantitative estimate of drug-likeness (QED) is 0.413. The highest BCUT2D eigenvalue weighted by Crippen LogP contribution is 2.24. The maximum Gasteiger partial charge on any atom is 0.271 e. The molecular formula is C27H27N3O2. The van der Waals surface area contributed by atoms with Crippen molar-refractivity contribution in [3.63, 3.8) is 0 Å². The number of hydrazone groups is 1. The normalized spacial score (nSPS) is 11.5. The van der Waals surface area contributed by atoms with Crippen molar-refractivity contribution in [1.82, 2.24) is 5.43 Å². The van der Waals surface area contributed by atoms with E-state index in [4.69, 9.17) is 10.00 Å². The number of amides is 1. The van der Waals surface area contributed by atoms with E-state index in [1.54, 1.807) is 43.3 Å². The molecule has 3 rings (SSSR count). The molecule has 0 unspecified atom stereocenters. The van der Waals surface area contributed by atoms with E-state index in [1.165, 1.54) is 5.56 Å². The van der Waals surface area contributed by atoms with E-state index in [-0.39, 0.29) is 11.3 Å². The van der Waals surface area contributed by atoms with Gasteiger partial charge in [-0.15, -0.1) is 0 Å². The average Bonchev–Trinajstić information content (AvgIpc) is 2.81. The summed E-state index contributed by atoms with van der Waals surface area (Å²) in [7, 11) is 0. The van der Waals surface area contributed by atoms with Crippen LogP contribution in [0.15, 0.2) is 77.9 Å². The molecule has 1 amide bonds. The molecule has 3 aromatic carbocycles. The second-order valence-electron chi connectivity index (χ2n) is 8.59. The second-order valence-corrected chi connectivity index (χ2v) is 8.59. The molecule has 0 aliphatic rings. The van der Waals surface area contributed by atoms with E-state index < -0.39 is 0 Å². The lowest BCUT2D eigenvalue weighted by Gasteiger charge is -2.19. The Bertz CT molecular complexity index is 1130. The first-order chi connectivity index (χ1) is 15.3. The lowest BCUT2D eigenvalue weighted by Crippen LogP contribution is -2.19. The maximum atomic E-state index is 12.4. The molecule has 162 valence electrons. The molecular weight excluding hydrogens is 398 g/mol. The van der Waals surface area contributed by atoms with E-state index in [0.29, 0.717) is 23.4 Å². The number of rotatable bonds is 6. The van der Waals surface area contributed by atoms with Crippen molar-refractivity contribution in [2.45, 2.75) is 39.7 Å². The first-order valence-electron chi connectivity index (χ1n) is 10.4. The summed E-state index contributed by atoms with van der Waals surface area (Å²) in [4.78, 5) is 12.4. The number of hydrogen-bond acceptors (Lipinski definition) is 4. The van der Waals surface area contributed by atoms with Crippen LogP contribution in [0.3, 0.4) is 0 Å². The lowest BCUT2D eigenvalue weighted by molar-refractivity contribution is 0.0954. The van der Waals surface area contributed by atoms with Gasteiger partial charge in [0, 0.05) is 5.56 Å². The Morgan fingerprint density at radius 1 is 0.938 bits per heavy atom. The molecule has 0 aliphatic heterocycles. The Hall–Kier alpha value is -3.91. The Balaban J connectivity index is 1.55. The lowest BCUT2D eigenvalue weighted by atomic mass is 9.87. The summed E-state index contributed by atoms with van der Waals surface area (Å²) < 4.78 is 5.86. The van der Waals surface area contributed by atoms with Crippen molar-refractivity contribution in [3.8, 4) is 11.8 Å². The Kier molecular flexibility index (Phi) is 7.07. The molecule has 0 saturated carbocycles. The first-order valence-corrected chi connectivity index (χ1v) is 10.4. The van der Waals surface area contributed by atoms with Gasteiger partial charge in [-0.2, -0.15) is 10.4 Å². The monoisotopic (exact) mass is 425 g/mol. The minimum atomic E-state index is -0.289. The van der Waals surface area contributed by atoms with Gasteiger partial charge in [0.15, 0.2) is 0 Å². The minimum Gasteiger partial charge on any atom is -0.489 e. The topological polar surface area (TPSA) is 74.5 Å². The zero-order valence-corrected chi connectivity index (χ0v) is 18.8. The van der Waals surface area contributed by atoms with Crippen molar-refractivity contribution in [1.29, 1.82) is 5.26 Å². The highest BCUT2D eigenvalue weighted by atomic mass is 16.5. The molecule has 0 fully saturated rings. The van der Waals surface area contributed by atoms with Crippen molar-refractivity contribution in [2.24, 2.45) is 5.10 Å². The van der Waals surface area contributed by atoms with Crippen LogP contribution in [0.4, 0.5) is 0 Å². The van der Waals surface area contributed by atoms with E-state index in [9.17, 15) is 4.79 Å². The average molecular weight is 426 g/mol. The van der Waals surface area contributed by atoms with Gasteiger partial charge in [-0.25, -0.2) is 5.43 Å². The number of nitrogens with one attached hydrogen (secondary N) is 1. The summed E-state index contributed by atoms with van der Waals surface area (Å²) >= 11 is 0. The van der Waals surface area contributed by atoms with E-state index in [2.05, 4.69) is 49.5 Å². The van der Waals surface area contributed by atoms with Gasteiger partial charge in [0.2, 0.25) is 0 Å². The van der Waals surface area contributed by atoms with Gasteiger partial charge < -0.3 is 4.74 Å². The standard InChI is InChI=1S/C27H27N3O2/c1-19(22-9-5-20(17-28)6-10-22)29-30-26(31)23-11-7-21(8-12-23)18-32-25-15-13-24(14-16-25)27(2,3)4/h5-16H,18H2,1-4H3,(H,30,31). The van der Waals surface area contributed by atoms with Gasteiger partial charge in [-0.1, -0.05) is 57.2 Å². The fraction of sp³-hybridized carbons (Fsp3) is 0.222. The second kappa shape index (κ2) is 9.93. The van der Waals surface area contributed by atoms with Gasteiger partial charge in [0.25, 0.3) is 5.91 Å². The fourth-order valence-corrected chi connectivity index (χ4v) is 3.02. The van der Waals surface area contributed by atoms with Crippen LogP contribution in [0.25, 0.3) is 0 Å². The molecule has 0 aromatic heterocycles. The maximum absolute atomic E-state index is 12.4. The zero-order chi connectivity index (χ0) is 23.1. The van der Waals surface area contributed by atoms with Crippen LogP contribution < -0.4 is 10.2 Å². The molecule has 0 atom stereocenters. The SMILES string of the molecule is CC(=NNC(=O)c1ccc(COc2ccc(C(C)(C)C)cc2)cc1)c1ccc(C#N)cc1. The van der Waals surface area contributed by atoms with Crippen LogP contribution >= 0.6 is 0 Å². The summed E-state index contributed by atoms with van der Waals surface area (Å²) in [6.07, 6.45) is 0. The summed E-state index contributed by atoms with van der Waals surface area (Å²) in [5.41, 5.74) is 7.51. The van der Waals surface area contributed by atoms with Crippen molar-refractivity contribution < 1.29 is 9.53 Å². The Labute approximate surface area is 189 Å². The van der Waals surface area contributed by atoms with Gasteiger partial charge in [0.05, 0.1) is 17.3 Å².